The van der Waals surface area contributed by atoms with Crippen LogP contribution in [0.25, 0.3) is 11.1 Å². The van der Waals surface area contributed by atoms with Crippen molar-refractivity contribution in [3.05, 3.63) is 53.6 Å². The van der Waals surface area contributed by atoms with Crippen LogP contribution in [-0.4, -0.2) is 25.1 Å². The van der Waals surface area contributed by atoms with Gasteiger partial charge in [0, 0.05) is 6.54 Å². The summed E-state index contributed by atoms with van der Waals surface area (Å²) >= 11 is 0. The number of hydrogen-bond acceptors (Lipinski definition) is 2. The Hall–Kier alpha value is -1.80. The van der Waals surface area contributed by atoms with E-state index < -0.39 is 0 Å². The molecule has 134 valence electrons. The van der Waals surface area contributed by atoms with E-state index in [1.54, 1.807) is 7.11 Å². The number of benzene rings is 2. The fraction of sp³-hybridized carbons (Fsp3) is 0.478. The Morgan fingerprint density at radius 1 is 1.00 bits per heavy atom. The first kappa shape index (κ1) is 18.0. The van der Waals surface area contributed by atoms with Crippen LogP contribution in [0.1, 0.15) is 44.2 Å². The van der Waals surface area contributed by atoms with Gasteiger partial charge in [0.15, 0.2) is 0 Å². The molecule has 1 aliphatic heterocycles. The van der Waals surface area contributed by atoms with Crippen LogP contribution in [0.5, 0.6) is 5.75 Å². The zero-order chi connectivity index (χ0) is 17.6. The molecule has 2 nitrogen and oxygen atoms in total. The third kappa shape index (κ3) is 4.85. The zero-order valence-corrected chi connectivity index (χ0v) is 15.9. The van der Waals surface area contributed by atoms with Crippen molar-refractivity contribution in [2.24, 2.45) is 5.92 Å². The van der Waals surface area contributed by atoms with E-state index in [-0.39, 0.29) is 0 Å². The van der Waals surface area contributed by atoms with Crippen LogP contribution in [0.4, 0.5) is 0 Å². The second-order valence-corrected chi connectivity index (χ2v) is 7.48. The summed E-state index contributed by atoms with van der Waals surface area (Å²) in [6.07, 6.45) is 4.90. The van der Waals surface area contributed by atoms with Crippen molar-refractivity contribution < 1.29 is 4.74 Å². The van der Waals surface area contributed by atoms with Gasteiger partial charge < -0.3 is 4.74 Å². The Kier molecular flexibility index (Phi) is 6.14. The number of nitrogens with zero attached hydrogens (tertiary/aromatic N) is 1. The van der Waals surface area contributed by atoms with E-state index in [1.807, 2.05) is 0 Å². The van der Waals surface area contributed by atoms with Crippen molar-refractivity contribution in [2.75, 3.05) is 20.2 Å². The quantitative estimate of drug-likeness (QED) is 0.685. The number of hydrogen-bond donors (Lipinski definition) is 0. The van der Waals surface area contributed by atoms with Gasteiger partial charge in [0.25, 0.3) is 0 Å². The van der Waals surface area contributed by atoms with E-state index in [1.165, 1.54) is 48.2 Å². The number of piperidine rings is 1. The average molecular weight is 338 g/mol. The molecule has 2 aromatic rings. The number of aryl methyl sites for hydroxylation is 1. The van der Waals surface area contributed by atoms with Crippen LogP contribution >= 0.6 is 0 Å². The summed E-state index contributed by atoms with van der Waals surface area (Å²) < 4.78 is 5.52. The minimum absolute atomic E-state index is 0.886. The lowest BCUT2D eigenvalue weighted by Gasteiger charge is -2.30. The van der Waals surface area contributed by atoms with E-state index in [2.05, 4.69) is 61.2 Å². The van der Waals surface area contributed by atoms with Crippen molar-refractivity contribution in [2.45, 2.75) is 46.1 Å². The number of rotatable bonds is 6. The van der Waals surface area contributed by atoms with E-state index in [0.29, 0.717) is 0 Å². The molecule has 0 spiro atoms. The monoisotopic (exact) mass is 337 g/mol. The molecule has 1 fully saturated rings. The fourth-order valence-corrected chi connectivity index (χ4v) is 3.71. The highest BCUT2D eigenvalue weighted by Gasteiger charge is 2.15. The Morgan fingerprint density at radius 2 is 1.76 bits per heavy atom. The largest absolute Gasteiger partial charge is 0.497 e. The van der Waals surface area contributed by atoms with Gasteiger partial charge in [0.1, 0.15) is 5.75 Å². The first-order valence-corrected chi connectivity index (χ1v) is 9.67. The molecule has 1 heterocycles. The van der Waals surface area contributed by atoms with Gasteiger partial charge in [-0.25, -0.2) is 0 Å². The summed E-state index contributed by atoms with van der Waals surface area (Å²) in [7, 11) is 1.75. The van der Waals surface area contributed by atoms with Crippen molar-refractivity contribution in [3.8, 4) is 16.9 Å². The molecule has 0 aromatic heterocycles. The molecule has 0 atom stereocenters. The minimum Gasteiger partial charge on any atom is -0.497 e. The standard InChI is InChI=1S/C23H31NO/c1-4-6-19-13-22(16-23(15-19)25-3)21-8-5-7-20(14-21)17-24-11-9-18(2)10-12-24/h5,7-8,13-16,18H,4,6,9-12,17H2,1-3H3. The molecule has 3 rings (SSSR count). The smallest absolute Gasteiger partial charge is 0.119 e. The normalized spacial score (nSPS) is 16.1. The van der Waals surface area contributed by atoms with Gasteiger partial charge in [-0.15, -0.1) is 0 Å². The van der Waals surface area contributed by atoms with Gasteiger partial charge in [-0.2, -0.15) is 0 Å². The molecule has 0 unspecified atom stereocenters. The van der Waals surface area contributed by atoms with Gasteiger partial charge in [0.05, 0.1) is 7.11 Å². The fourth-order valence-electron chi connectivity index (χ4n) is 3.71. The first-order chi connectivity index (χ1) is 12.2. The van der Waals surface area contributed by atoms with Crippen LogP contribution in [-0.2, 0) is 13.0 Å². The van der Waals surface area contributed by atoms with E-state index in [9.17, 15) is 0 Å². The highest BCUT2D eigenvalue weighted by molar-refractivity contribution is 5.67. The van der Waals surface area contributed by atoms with Gasteiger partial charge in [-0.05, 0) is 78.7 Å². The van der Waals surface area contributed by atoms with Crippen molar-refractivity contribution in [3.63, 3.8) is 0 Å². The molecule has 1 saturated heterocycles. The van der Waals surface area contributed by atoms with Crippen LogP contribution in [0.15, 0.2) is 42.5 Å². The maximum absolute atomic E-state index is 5.52. The third-order valence-electron chi connectivity index (χ3n) is 5.28. The average Bonchev–Trinajstić information content (AvgIpc) is 2.64. The molecule has 1 aliphatic rings. The Balaban J connectivity index is 1.80. The predicted octanol–water partition coefficient (Wildman–Crippen LogP) is 5.55. The molecular formula is C23H31NO. The summed E-state index contributed by atoms with van der Waals surface area (Å²) in [4.78, 5) is 2.59. The van der Waals surface area contributed by atoms with Crippen LogP contribution in [0.2, 0.25) is 0 Å². The summed E-state index contributed by atoms with van der Waals surface area (Å²) in [5.74, 6) is 1.84. The number of ether oxygens (including phenoxy) is 1. The Labute approximate surface area is 152 Å². The zero-order valence-electron chi connectivity index (χ0n) is 15.9. The van der Waals surface area contributed by atoms with E-state index >= 15 is 0 Å². The Bertz CT molecular complexity index is 686. The second-order valence-electron chi connectivity index (χ2n) is 7.48. The highest BCUT2D eigenvalue weighted by atomic mass is 16.5. The Morgan fingerprint density at radius 3 is 2.48 bits per heavy atom. The SMILES string of the molecule is CCCc1cc(OC)cc(-c2cccc(CN3CCC(C)CC3)c2)c1. The van der Waals surface area contributed by atoms with E-state index in [0.717, 1.165) is 31.1 Å². The number of methoxy groups -OCH3 is 1. The van der Waals surface area contributed by atoms with Gasteiger partial charge in [-0.3, -0.25) is 4.90 Å². The maximum atomic E-state index is 5.52. The molecule has 0 amide bonds. The summed E-state index contributed by atoms with van der Waals surface area (Å²) in [6, 6.07) is 15.6. The lowest BCUT2D eigenvalue weighted by atomic mass is 9.97. The molecule has 0 N–H and O–H groups in total. The molecule has 0 aliphatic carbocycles. The van der Waals surface area contributed by atoms with Crippen molar-refractivity contribution >= 4 is 0 Å². The molecule has 0 bridgehead atoms. The molecular weight excluding hydrogens is 306 g/mol. The molecule has 25 heavy (non-hydrogen) atoms. The minimum atomic E-state index is 0.886. The van der Waals surface area contributed by atoms with Gasteiger partial charge in [-0.1, -0.05) is 44.5 Å². The van der Waals surface area contributed by atoms with Crippen LogP contribution in [0, 0.1) is 5.92 Å². The summed E-state index contributed by atoms with van der Waals surface area (Å²) in [6.45, 7) is 8.11. The van der Waals surface area contributed by atoms with E-state index in [4.69, 9.17) is 4.74 Å². The van der Waals surface area contributed by atoms with Gasteiger partial charge >= 0.3 is 0 Å². The predicted molar refractivity (Wildman–Crippen MR) is 106 cm³/mol. The third-order valence-corrected chi connectivity index (χ3v) is 5.28. The topological polar surface area (TPSA) is 12.5 Å². The van der Waals surface area contributed by atoms with Crippen molar-refractivity contribution in [1.29, 1.82) is 0 Å². The summed E-state index contributed by atoms with van der Waals surface area (Å²) in [5, 5.41) is 0. The van der Waals surface area contributed by atoms with Gasteiger partial charge in [0.2, 0.25) is 0 Å². The number of likely N-dealkylation sites (tertiary alicyclic amines) is 1. The molecule has 0 radical (unpaired) electrons. The molecule has 0 saturated carbocycles. The van der Waals surface area contributed by atoms with Crippen molar-refractivity contribution in [1.82, 2.24) is 4.90 Å². The molecule has 2 heteroatoms. The second kappa shape index (κ2) is 8.53. The highest BCUT2D eigenvalue weighted by Crippen LogP contribution is 2.28. The van der Waals surface area contributed by atoms with Crippen LogP contribution < -0.4 is 4.74 Å². The molecule has 2 aromatic carbocycles. The first-order valence-electron chi connectivity index (χ1n) is 9.67. The maximum Gasteiger partial charge on any atom is 0.119 e. The summed E-state index contributed by atoms with van der Waals surface area (Å²) in [5.41, 5.74) is 5.32. The lowest BCUT2D eigenvalue weighted by Crippen LogP contribution is -2.32. The van der Waals surface area contributed by atoms with Crippen LogP contribution in [0.3, 0.4) is 0 Å². The lowest BCUT2D eigenvalue weighted by molar-refractivity contribution is 0.185.